The van der Waals surface area contributed by atoms with E-state index < -0.39 is 23.5 Å². The minimum absolute atomic E-state index is 0.0593. The van der Waals surface area contributed by atoms with Crippen LogP contribution in [0.25, 0.3) is 5.52 Å². The number of ketones is 2. The first kappa shape index (κ1) is 21.6. The third-order valence-electron chi connectivity index (χ3n) is 5.10. The molecule has 4 aromatic rings. The number of carbonyl (C=O) groups excluding carboxylic acids is 4. The fourth-order valence-corrected chi connectivity index (χ4v) is 3.49. The first-order chi connectivity index (χ1) is 16.0. The lowest BCUT2D eigenvalue weighted by molar-refractivity contribution is 0.0553. The van der Waals surface area contributed by atoms with E-state index in [2.05, 4.69) is 5.10 Å². The van der Waals surface area contributed by atoms with Crippen LogP contribution in [0.3, 0.4) is 0 Å². The van der Waals surface area contributed by atoms with Crippen LogP contribution in [-0.2, 0) is 9.47 Å². The standard InChI is InChI=1S/C25H18N2O6/c1-32-24(30)20-19-13-17(22(28)15-9-5-3-6-10-15)18(23(29)16-11-7-4-8-12-16)14-27(19)26-21(20)25(31)33-2/h3-14H,1-2H3. The molecule has 0 aliphatic rings. The van der Waals surface area contributed by atoms with E-state index in [9.17, 15) is 19.2 Å². The molecule has 0 amide bonds. The number of fused-ring (bicyclic) bond motifs is 1. The van der Waals surface area contributed by atoms with Crippen LogP contribution in [0.1, 0.15) is 52.7 Å². The molecule has 0 atom stereocenters. The summed E-state index contributed by atoms with van der Waals surface area (Å²) in [6.07, 6.45) is 1.33. The van der Waals surface area contributed by atoms with E-state index in [-0.39, 0.29) is 27.9 Å². The molecule has 0 unspecified atom stereocenters. The number of hydrogen-bond donors (Lipinski definition) is 0. The molecule has 4 rings (SSSR count). The Bertz CT molecular complexity index is 1390. The Morgan fingerprint density at radius 1 is 0.727 bits per heavy atom. The molecule has 8 nitrogen and oxygen atoms in total. The molecule has 2 aromatic heterocycles. The lowest BCUT2D eigenvalue weighted by Gasteiger charge is -2.10. The normalized spacial score (nSPS) is 10.6. The van der Waals surface area contributed by atoms with Crippen LogP contribution in [0.2, 0.25) is 0 Å². The molecule has 2 aromatic carbocycles. The van der Waals surface area contributed by atoms with Gasteiger partial charge in [0.15, 0.2) is 17.3 Å². The van der Waals surface area contributed by atoms with Crippen LogP contribution >= 0.6 is 0 Å². The van der Waals surface area contributed by atoms with Crippen LogP contribution in [0.5, 0.6) is 0 Å². The van der Waals surface area contributed by atoms with Gasteiger partial charge in [0.25, 0.3) is 0 Å². The summed E-state index contributed by atoms with van der Waals surface area (Å²) in [6.45, 7) is 0. The first-order valence-corrected chi connectivity index (χ1v) is 9.88. The van der Waals surface area contributed by atoms with Crippen molar-refractivity contribution in [2.75, 3.05) is 14.2 Å². The van der Waals surface area contributed by atoms with Crippen LogP contribution in [0.4, 0.5) is 0 Å². The van der Waals surface area contributed by atoms with Gasteiger partial charge < -0.3 is 9.47 Å². The first-order valence-electron chi connectivity index (χ1n) is 9.88. The Balaban J connectivity index is 2.02. The van der Waals surface area contributed by atoms with Gasteiger partial charge in [-0.15, -0.1) is 0 Å². The quantitative estimate of drug-likeness (QED) is 0.333. The average molecular weight is 442 g/mol. The average Bonchev–Trinajstić information content (AvgIpc) is 3.25. The van der Waals surface area contributed by atoms with Gasteiger partial charge in [-0.25, -0.2) is 14.1 Å². The van der Waals surface area contributed by atoms with Crippen molar-refractivity contribution in [1.29, 1.82) is 0 Å². The van der Waals surface area contributed by atoms with E-state index in [4.69, 9.17) is 9.47 Å². The van der Waals surface area contributed by atoms with Gasteiger partial charge in [0.1, 0.15) is 5.56 Å². The van der Waals surface area contributed by atoms with E-state index in [0.29, 0.717) is 11.1 Å². The highest BCUT2D eigenvalue weighted by atomic mass is 16.5. The van der Waals surface area contributed by atoms with Gasteiger partial charge in [-0.2, -0.15) is 5.10 Å². The highest BCUT2D eigenvalue weighted by Crippen LogP contribution is 2.25. The molecule has 0 radical (unpaired) electrons. The van der Waals surface area contributed by atoms with Gasteiger partial charge >= 0.3 is 11.9 Å². The van der Waals surface area contributed by atoms with Crippen LogP contribution in [0, 0.1) is 0 Å². The number of carbonyl (C=O) groups is 4. The van der Waals surface area contributed by atoms with Crippen molar-refractivity contribution in [1.82, 2.24) is 9.61 Å². The number of aromatic nitrogens is 2. The van der Waals surface area contributed by atoms with Crippen molar-refractivity contribution < 1.29 is 28.7 Å². The summed E-state index contributed by atoms with van der Waals surface area (Å²) >= 11 is 0. The van der Waals surface area contributed by atoms with Gasteiger partial charge in [-0.1, -0.05) is 60.7 Å². The maximum Gasteiger partial charge on any atom is 0.359 e. The van der Waals surface area contributed by atoms with Crippen molar-refractivity contribution >= 4 is 29.0 Å². The molecule has 0 N–H and O–H groups in total. The molecule has 2 heterocycles. The highest BCUT2D eigenvalue weighted by Gasteiger charge is 2.29. The Hall–Kier alpha value is -4.59. The van der Waals surface area contributed by atoms with Crippen molar-refractivity contribution in [2.24, 2.45) is 0 Å². The third-order valence-corrected chi connectivity index (χ3v) is 5.10. The summed E-state index contributed by atoms with van der Waals surface area (Å²) in [5.74, 6) is -2.52. The zero-order valence-electron chi connectivity index (χ0n) is 17.8. The number of esters is 2. The summed E-state index contributed by atoms with van der Waals surface area (Å²) in [5.41, 5.74) is 0.536. The Morgan fingerprint density at radius 3 is 1.76 bits per heavy atom. The second-order valence-electron chi connectivity index (χ2n) is 7.03. The fraction of sp³-hybridized carbons (Fsp3) is 0.0800. The Kier molecular flexibility index (Phi) is 5.82. The van der Waals surface area contributed by atoms with E-state index in [0.717, 1.165) is 14.2 Å². The second-order valence-corrected chi connectivity index (χ2v) is 7.03. The molecule has 0 saturated heterocycles. The highest BCUT2D eigenvalue weighted by molar-refractivity contribution is 6.20. The molecular formula is C25H18N2O6. The molecule has 8 heteroatoms. The van der Waals surface area contributed by atoms with Gasteiger partial charge in [-0.3, -0.25) is 9.59 Å². The number of nitrogens with zero attached hydrogens (tertiary/aromatic N) is 2. The maximum atomic E-state index is 13.4. The zero-order chi connectivity index (χ0) is 23.5. The summed E-state index contributed by atoms with van der Waals surface area (Å²) < 4.78 is 10.8. The second kappa shape index (κ2) is 8.88. The molecule has 0 fully saturated rings. The monoisotopic (exact) mass is 442 g/mol. The summed E-state index contributed by atoms with van der Waals surface area (Å²) in [7, 11) is 2.32. The fourth-order valence-electron chi connectivity index (χ4n) is 3.49. The van der Waals surface area contributed by atoms with Crippen LogP contribution in [-0.4, -0.2) is 47.3 Å². The summed E-state index contributed by atoms with van der Waals surface area (Å²) in [4.78, 5) is 51.5. The minimum atomic E-state index is -0.856. The smallest absolute Gasteiger partial charge is 0.359 e. The summed E-state index contributed by atoms with van der Waals surface area (Å²) in [5, 5.41) is 4.14. The number of benzene rings is 2. The molecule has 164 valence electrons. The number of pyridine rings is 1. The Labute approximate surface area is 188 Å². The molecule has 33 heavy (non-hydrogen) atoms. The Morgan fingerprint density at radius 2 is 1.24 bits per heavy atom. The summed E-state index contributed by atoms with van der Waals surface area (Å²) in [6, 6.07) is 18.3. The van der Waals surface area contributed by atoms with Gasteiger partial charge in [0.2, 0.25) is 0 Å². The number of rotatable bonds is 6. The van der Waals surface area contributed by atoms with E-state index >= 15 is 0 Å². The predicted molar refractivity (Wildman–Crippen MR) is 118 cm³/mol. The zero-order valence-corrected chi connectivity index (χ0v) is 17.8. The molecule has 0 spiro atoms. The van der Waals surface area contributed by atoms with E-state index in [1.165, 1.54) is 16.8 Å². The SMILES string of the molecule is COC(=O)c1nn2cc(C(=O)c3ccccc3)c(C(=O)c3ccccc3)cc2c1C(=O)OC. The predicted octanol–water partition coefficient (Wildman–Crippen LogP) is 3.37. The van der Waals surface area contributed by atoms with Crippen molar-refractivity contribution in [3.05, 3.63) is 106 Å². The van der Waals surface area contributed by atoms with Crippen LogP contribution < -0.4 is 0 Å². The lowest BCUT2D eigenvalue weighted by Crippen LogP contribution is -2.13. The molecule has 0 bridgehead atoms. The number of methoxy groups -OCH3 is 2. The van der Waals surface area contributed by atoms with Gasteiger partial charge in [0, 0.05) is 22.9 Å². The largest absolute Gasteiger partial charge is 0.465 e. The van der Waals surface area contributed by atoms with Gasteiger partial charge in [-0.05, 0) is 6.07 Å². The number of hydrogen-bond acceptors (Lipinski definition) is 7. The maximum absolute atomic E-state index is 13.4. The van der Waals surface area contributed by atoms with E-state index in [1.807, 2.05) is 0 Å². The molecule has 0 saturated carbocycles. The van der Waals surface area contributed by atoms with E-state index in [1.54, 1.807) is 60.7 Å². The van der Waals surface area contributed by atoms with Crippen LogP contribution in [0.15, 0.2) is 72.9 Å². The third kappa shape index (κ3) is 3.89. The lowest BCUT2D eigenvalue weighted by atomic mass is 9.94. The number of ether oxygens (including phenoxy) is 2. The van der Waals surface area contributed by atoms with Gasteiger partial charge in [0.05, 0.1) is 25.3 Å². The molecule has 0 aliphatic heterocycles. The topological polar surface area (TPSA) is 104 Å². The van der Waals surface area contributed by atoms with Crippen molar-refractivity contribution in [3.63, 3.8) is 0 Å². The molecule has 0 aliphatic carbocycles. The van der Waals surface area contributed by atoms with Crippen molar-refractivity contribution in [2.45, 2.75) is 0 Å². The molecular weight excluding hydrogens is 424 g/mol. The van der Waals surface area contributed by atoms with Crippen molar-refractivity contribution in [3.8, 4) is 0 Å². The minimum Gasteiger partial charge on any atom is -0.465 e.